The maximum absolute atomic E-state index is 14.3. The summed E-state index contributed by atoms with van der Waals surface area (Å²) < 4.78 is 84.1. The van der Waals surface area contributed by atoms with Gasteiger partial charge in [0.05, 0.1) is 5.56 Å². The molecular weight excluding hydrogens is 414 g/mol. The van der Waals surface area contributed by atoms with Gasteiger partial charge in [-0.05, 0) is 55.3 Å². The van der Waals surface area contributed by atoms with Gasteiger partial charge in [-0.3, -0.25) is 0 Å². The van der Waals surface area contributed by atoms with Gasteiger partial charge in [0.2, 0.25) is 0 Å². The smallest absolute Gasteiger partial charge is 0.406 e. The molecule has 5 nitrogen and oxygen atoms in total. The Labute approximate surface area is 163 Å². The lowest BCUT2D eigenvalue weighted by Gasteiger charge is -2.12. The van der Waals surface area contributed by atoms with Crippen molar-refractivity contribution in [2.75, 3.05) is 6.26 Å². The molecule has 2 aromatic carbocycles. The summed E-state index contributed by atoms with van der Waals surface area (Å²) in [5.41, 5.74) is 1.63. The summed E-state index contributed by atoms with van der Waals surface area (Å²) >= 11 is 0. The summed E-state index contributed by atoms with van der Waals surface area (Å²) in [5.74, 6) is -0.951. The summed E-state index contributed by atoms with van der Waals surface area (Å²) in [7, 11) is -3.74. The average molecular weight is 429 g/mol. The number of aryl methyl sites for hydroxylation is 2. The lowest BCUT2D eigenvalue weighted by atomic mass is 9.98. The summed E-state index contributed by atoms with van der Waals surface area (Å²) in [6.07, 6.45) is -3.92. The zero-order chi connectivity index (χ0) is 21.6. The molecule has 0 atom stereocenters. The van der Waals surface area contributed by atoms with Crippen molar-refractivity contribution in [2.24, 2.45) is 0 Å². The normalized spacial score (nSPS) is 12.2. The monoisotopic (exact) mass is 429 g/mol. The second kappa shape index (κ2) is 7.18. The highest BCUT2D eigenvalue weighted by Crippen LogP contribution is 2.37. The Morgan fingerprint density at radius 3 is 2.24 bits per heavy atom. The van der Waals surface area contributed by atoms with E-state index in [-0.39, 0.29) is 17.0 Å². The molecule has 0 fully saturated rings. The number of ether oxygens (including phenoxy) is 1. The highest BCUT2D eigenvalue weighted by molar-refractivity contribution is 7.90. The molecule has 0 bridgehead atoms. The average Bonchev–Trinajstić information content (AvgIpc) is 2.96. The third-order valence-corrected chi connectivity index (χ3v) is 5.29. The maximum Gasteiger partial charge on any atom is 0.573 e. The number of sulfone groups is 1. The van der Waals surface area contributed by atoms with Crippen LogP contribution in [0.25, 0.3) is 22.4 Å². The van der Waals surface area contributed by atoms with Crippen LogP contribution in [0.3, 0.4) is 0 Å². The molecule has 3 aromatic rings. The second-order valence-corrected chi connectivity index (χ2v) is 8.39. The van der Waals surface area contributed by atoms with Crippen molar-refractivity contribution < 1.29 is 35.2 Å². The van der Waals surface area contributed by atoms with Gasteiger partial charge in [-0.2, -0.15) is 0 Å². The molecule has 10 heteroatoms. The minimum atomic E-state index is -4.82. The number of hydrogen-bond donors (Lipinski definition) is 0. The third-order valence-electron chi connectivity index (χ3n) is 4.16. The Hall–Kier alpha value is -2.88. The number of alkyl halides is 3. The largest absolute Gasteiger partial charge is 0.573 e. The van der Waals surface area contributed by atoms with Gasteiger partial charge in [-0.1, -0.05) is 11.2 Å². The fraction of sp³-hybridized carbons (Fsp3) is 0.211. The molecule has 0 saturated heterocycles. The zero-order valence-electron chi connectivity index (χ0n) is 15.5. The van der Waals surface area contributed by atoms with Crippen LogP contribution >= 0.6 is 0 Å². The summed E-state index contributed by atoms with van der Waals surface area (Å²) in [5, 5.41) is 3.93. The standard InChI is InChI=1S/C19H15F4NO4S/c1-10-8-13(4-6-15(10)27-19(21,22)23)18-17(11(2)28-24-18)12-5-7-16(14(20)9-12)29(3,25)26/h4-9H,1-3H3. The van der Waals surface area contributed by atoms with Crippen molar-refractivity contribution in [3.63, 3.8) is 0 Å². The van der Waals surface area contributed by atoms with Gasteiger partial charge in [0, 0.05) is 11.8 Å². The summed E-state index contributed by atoms with van der Waals surface area (Å²) in [6.45, 7) is 3.03. The fourth-order valence-electron chi connectivity index (χ4n) is 2.90. The van der Waals surface area contributed by atoms with Crippen LogP contribution in [0.4, 0.5) is 17.6 Å². The van der Waals surface area contributed by atoms with Gasteiger partial charge in [-0.25, -0.2) is 12.8 Å². The molecule has 0 saturated carbocycles. The number of aromatic nitrogens is 1. The van der Waals surface area contributed by atoms with Crippen LogP contribution < -0.4 is 4.74 Å². The van der Waals surface area contributed by atoms with Gasteiger partial charge < -0.3 is 9.26 Å². The van der Waals surface area contributed by atoms with Crippen molar-refractivity contribution in [3.8, 4) is 28.1 Å². The third kappa shape index (κ3) is 4.42. The lowest BCUT2D eigenvalue weighted by molar-refractivity contribution is -0.274. The van der Waals surface area contributed by atoms with Crippen molar-refractivity contribution >= 4 is 9.84 Å². The van der Waals surface area contributed by atoms with Crippen molar-refractivity contribution in [1.29, 1.82) is 0 Å². The first-order valence-corrected chi connectivity index (χ1v) is 10.1. The fourth-order valence-corrected chi connectivity index (χ4v) is 3.63. The molecule has 1 heterocycles. The van der Waals surface area contributed by atoms with Gasteiger partial charge in [-0.15, -0.1) is 13.2 Å². The maximum atomic E-state index is 14.3. The van der Waals surface area contributed by atoms with E-state index < -0.39 is 26.9 Å². The van der Waals surface area contributed by atoms with Crippen LogP contribution in [0, 0.1) is 19.7 Å². The van der Waals surface area contributed by atoms with Crippen molar-refractivity contribution in [1.82, 2.24) is 5.16 Å². The van der Waals surface area contributed by atoms with E-state index in [4.69, 9.17) is 4.52 Å². The first-order valence-electron chi connectivity index (χ1n) is 8.20. The van der Waals surface area contributed by atoms with E-state index in [1.807, 2.05) is 0 Å². The number of rotatable bonds is 4. The molecule has 0 radical (unpaired) electrons. The summed E-state index contributed by atoms with van der Waals surface area (Å²) in [4.78, 5) is -0.443. The summed E-state index contributed by atoms with van der Waals surface area (Å²) in [6, 6.07) is 7.56. The van der Waals surface area contributed by atoms with E-state index >= 15 is 0 Å². The van der Waals surface area contributed by atoms with Crippen LogP contribution in [0.2, 0.25) is 0 Å². The number of benzene rings is 2. The van der Waals surface area contributed by atoms with Crippen LogP contribution in [0.1, 0.15) is 11.3 Å². The molecule has 0 aliphatic heterocycles. The first kappa shape index (κ1) is 20.8. The lowest BCUT2D eigenvalue weighted by Crippen LogP contribution is -2.17. The number of nitrogens with zero attached hydrogens (tertiary/aromatic N) is 1. The molecule has 29 heavy (non-hydrogen) atoms. The van der Waals surface area contributed by atoms with Crippen LogP contribution in [-0.2, 0) is 9.84 Å². The first-order chi connectivity index (χ1) is 13.4. The van der Waals surface area contributed by atoms with E-state index in [1.165, 1.54) is 25.1 Å². The van der Waals surface area contributed by atoms with E-state index in [0.29, 0.717) is 22.5 Å². The predicted octanol–water partition coefficient (Wildman–Crippen LogP) is 5.07. The van der Waals surface area contributed by atoms with Crippen molar-refractivity contribution in [3.05, 3.63) is 53.5 Å². The Morgan fingerprint density at radius 1 is 1.03 bits per heavy atom. The zero-order valence-corrected chi connectivity index (χ0v) is 16.3. The van der Waals surface area contributed by atoms with Gasteiger partial charge in [0.1, 0.15) is 27.9 Å². The highest BCUT2D eigenvalue weighted by atomic mass is 32.2. The van der Waals surface area contributed by atoms with E-state index in [0.717, 1.165) is 24.5 Å². The molecule has 0 N–H and O–H groups in total. The molecule has 154 valence electrons. The Balaban J connectivity index is 2.08. The van der Waals surface area contributed by atoms with Crippen LogP contribution in [0.5, 0.6) is 5.75 Å². The molecule has 0 spiro atoms. The number of halogens is 4. The molecule has 0 aliphatic rings. The molecule has 0 amide bonds. The van der Waals surface area contributed by atoms with E-state index in [9.17, 15) is 26.0 Å². The van der Waals surface area contributed by atoms with Crippen LogP contribution in [-0.4, -0.2) is 26.2 Å². The molecule has 0 unspecified atom stereocenters. The Morgan fingerprint density at radius 2 is 1.69 bits per heavy atom. The SMILES string of the molecule is Cc1cc(-c2noc(C)c2-c2ccc(S(C)(=O)=O)c(F)c2)ccc1OC(F)(F)F. The minimum absolute atomic E-state index is 0.213. The van der Waals surface area contributed by atoms with E-state index in [2.05, 4.69) is 9.89 Å². The predicted molar refractivity (Wildman–Crippen MR) is 96.6 cm³/mol. The Kier molecular flexibility index (Phi) is 5.16. The molecule has 3 rings (SSSR count). The molecule has 1 aromatic heterocycles. The van der Waals surface area contributed by atoms with Crippen molar-refractivity contribution in [2.45, 2.75) is 25.1 Å². The van der Waals surface area contributed by atoms with Gasteiger partial charge in [0.25, 0.3) is 0 Å². The highest BCUT2D eigenvalue weighted by Gasteiger charge is 2.32. The van der Waals surface area contributed by atoms with Crippen LogP contribution in [0.15, 0.2) is 45.8 Å². The van der Waals surface area contributed by atoms with Gasteiger partial charge >= 0.3 is 6.36 Å². The van der Waals surface area contributed by atoms with Gasteiger partial charge in [0.15, 0.2) is 9.84 Å². The molecule has 0 aliphatic carbocycles. The number of hydrogen-bond acceptors (Lipinski definition) is 5. The minimum Gasteiger partial charge on any atom is -0.406 e. The van der Waals surface area contributed by atoms with E-state index in [1.54, 1.807) is 6.92 Å². The Bertz CT molecular complexity index is 1180. The topological polar surface area (TPSA) is 69.4 Å². The quantitative estimate of drug-likeness (QED) is 0.542. The molecular formula is C19H15F4NO4S. The second-order valence-electron chi connectivity index (χ2n) is 6.41.